The predicted octanol–water partition coefficient (Wildman–Crippen LogP) is -0.690. The quantitative estimate of drug-likeness (QED) is 0.168. The molecule has 0 unspecified atom stereocenters. The minimum Gasteiger partial charge on any atom is 0 e. The molecule has 0 bridgehead atoms. The number of rotatable bonds is 11. The van der Waals surface area contributed by atoms with Gasteiger partial charge in [0, 0.05) is 73.9 Å². The number of aliphatic carboxylic acids is 2. The van der Waals surface area contributed by atoms with E-state index in [1.54, 1.807) is 28.3 Å². The molecule has 0 amide bonds. The van der Waals surface area contributed by atoms with Crippen LogP contribution in [0, 0.1) is 0 Å². The van der Waals surface area contributed by atoms with Crippen molar-refractivity contribution in [2.45, 2.75) is 73.1 Å². The molecular formula is C20H55N2NaO11Si2Zn2. The Hall–Kier alpha value is 1.10. The Morgan fingerprint density at radius 1 is 0.842 bits per heavy atom. The van der Waals surface area contributed by atoms with Gasteiger partial charge in [0.25, 0.3) is 11.9 Å². The second-order valence-electron chi connectivity index (χ2n) is 6.63. The van der Waals surface area contributed by atoms with E-state index in [-0.39, 0.29) is 86.8 Å². The Kier molecular flexibility index (Phi) is 95.6. The van der Waals surface area contributed by atoms with E-state index in [0.29, 0.717) is 6.54 Å². The van der Waals surface area contributed by atoms with Gasteiger partial charge < -0.3 is 50.0 Å². The summed E-state index contributed by atoms with van der Waals surface area (Å²) in [6.45, 7) is 12.9. The fourth-order valence-electron chi connectivity index (χ4n) is 1.87. The van der Waals surface area contributed by atoms with Crippen LogP contribution in [0.4, 0.5) is 0 Å². The van der Waals surface area contributed by atoms with Crippen molar-refractivity contribution in [1.29, 1.82) is 0 Å². The maximum atomic E-state index is 9.00. The summed E-state index contributed by atoms with van der Waals surface area (Å²) in [7, 11) is 1.20. The van der Waals surface area contributed by atoms with Crippen LogP contribution in [0.3, 0.4) is 0 Å². The number of aliphatic hydroxyl groups excluding tert-OH is 1. The fourth-order valence-corrected chi connectivity index (χ4v) is 5.60. The molecule has 18 heteroatoms. The molecule has 0 atom stereocenters. The summed E-state index contributed by atoms with van der Waals surface area (Å²) in [5.41, 5.74) is 10.8. The molecule has 8 N–H and O–H groups in total. The van der Waals surface area contributed by atoms with Crippen LogP contribution in [0.2, 0.25) is 25.2 Å². The maximum Gasteiger partial charge on any atom is 0 e. The Morgan fingerprint density at radius 2 is 1.08 bits per heavy atom. The van der Waals surface area contributed by atoms with Gasteiger partial charge in [-0.3, -0.25) is 9.59 Å². The zero-order chi connectivity index (χ0) is 28.6. The molecule has 0 aromatic carbocycles. The first kappa shape index (κ1) is 67.0. The van der Waals surface area contributed by atoms with Gasteiger partial charge in [-0.2, -0.15) is 0 Å². The van der Waals surface area contributed by atoms with E-state index in [4.69, 9.17) is 57.7 Å². The molecule has 0 aromatic heterocycles. The van der Waals surface area contributed by atoms with Crippen molar-refractivity contribution >= 4 is 29.1 Å². The van der Waals surface area contributed by atoms with Crippen molar-refractivity contribution < 1.29 is 119 Å². The summed E-state index contributed by atoms with van der Waals surface area (Å²) in [5.74, 6) is -1.67. The Morgan fingerprint density at radius 3 is 1.26 bits per heavy atom. The smallest absolute Gasteiger partial charge is 0 e. The van der Waals surface area contributed by atoms with Gasteiger partial charge in [0.1, 0.15) is 0 Å². The van der Waals surface area contributed by atoms with Crippen molar-refractivity contribution in [2.75, 3.05) is 47.6 Å². The topological polar surface area (TPSA) is 231 Å². The fraction of sp³-hybridized carbons (Fsp3) is 0.900. The van der Waals surface area contributed by atoms with Crippen LogP contribution >= 0.6 is 0 Å². The van der Waals surface area contributed by atoms with Crippen LogP contribution in [0.25, 0.3) is 0 Å². The average Bonchev–Trinajstić information content (AvgIpc) is 2.75. The van der Waals surface area contributed by atoms with Crippen LogP contribution in [-0.2, 0) is 68.6 Å². The van der Waals surface area contributed by atoms with Crippen LogP contribution in [0.15, 0.2) is 0 Å². The van der Waals surface area contributed by atoms with Gasteiger partial charge >= 0.3 is 60.2 Å². The van der Waals surface area contributed by atoms with Crippen molar-refractivity contribution in [3.8, 4) is 0 Å². The number of nitrogens with two attached hydrogens (primary N) is 2. The number of hydrogen-bond acceptors (Lipinski definition) is 11. The second kappa shape index (κ2) is 54.2. The average molecular weight is 710 g/mol. The van der Waals surface area contributed by atoms with E-state index in [2.05, 4.69) is 20.0 Å². The molecule has 0 aliphatic heterocycles. The van der Waals surface area contributed by atoms with Crippen molar-refractivity contribution in [1.82, 2.24) is 0 Å². The third kappa shape index (κ3) is 83.2. The Bertz CT molecular complexity index is 408. The first-order chi connectivity index (χ1) is 15.7. The third-order valence-corrected chi connectivity index (χ3v) is 8.60. The zero-order valence-electron chi connectivity index (χ0n) is 24.9. The first-order valence-electron chi connectivity index (χ1n) is 10.7. The van der Waals surface area contributed by atoms with Crippen LogP contribution in [0.5, 0.6) is 0 Å². The minimum absolute atomic E-state index is 0. The summed E-state index contributed by atoms with van der Waals surface area (Å²) < 4.78 is 29.5. The predicted molar refractivity (Wildman–Crippen MR) is 142 cm³/mol. The number of aliphatic hydroxyl groups is 1. The summed E-state index contributed by atoms with van der Waals surface area (Å²) in [5, 5.41) is 22.4. The maximum absolute atomic E-state index is 9.00. The molecule has 0 aliphatic carbocycles. The number of hydrogen-bond donors (Lipinski definition) is 5. The van der Waals surface area contributed by atoms with Gasteiger partial charge in [-0.25, -0.2) is 0 Å². The molecule has 0 aromatic rings. The SMILES string of the molecule is C.CC(=O)O.CC(=O)O.CCO.CCO[Si](C)(C)CCCN.CO[Si](CCCN)(OC)OC.[Na+].[OH-].[O]=[Zn].[Zn]. The second-order valence-corrected chi connectivity index (χ2v) is 14.0. The van der Waals surface area contributed by atoms with Crippen LogP contribution in [0.1, 0.15) is 48.0 Å². The van der Waals surface area contributed by atoms with Crippen molar-refractivity contribution in [3.63, 3.8) is 0 Å². The normalized spacial score (nSPS) is 8.58. The molecule has 224 valence electrons. The van der Waals surface area contributed by atoms with Crippen LogP contribution in [-0.4, -0.2) is 97.5 Å². The van der Waals surface area contributed by atoms with E-state index in [9.17, 15) is 0 Å². The molecule has 0 saturated carbocycles. The van der Waals surface area contributed by atoms with E-state index >= 15 is 0 Å². The molecule has 0 heterocycles. The molecular weight excluding hydrogens is 654 g/mol. The van der Waals surface area contributed by atoms with Gasteiger partial charge in [0.2, 0.25) is 0 Å². The third-order valence-electron chi connectivity index (χ3n) is 3.14. The van der Waals surface area contributed by atoms with E-state index < -0.39 is 29.1 Å². The van der Waals surface area contributed by atoms with Gasteiger partial charge in [0.05, 0.1) is 0 Å². The Balaban J connectivity index is -0.0000000334. The summed E-state index contributed by atoms with van der Waals surface area (Å²) in [4.78, 5) is 18.0. The molecule has 38 heavy (non-hydrogen) atoms. The molecule has 0 fully saturated rings. The monoisotopic (exact) mass is 706 g/mol. The van der Waals surface area contributed by atoms with Gasteiger partial charge in [0.15, 0.2) is 8.32 Å². The number of carbonyl (C=O) groups is 2. The van der Waals surface area contributed by atoms with Gasteiger partial charge in [-0.1, -0.05) is 7.43 Å². The van der Waals surface area contributed by atoms with Crippen molar-refractivity contribution in [3.05, 3.63) is 0 Å². The van der Waals surface area contributed by atoms with E-state index in [0.717, 1.165) is 45.9 Å². The first-order valence-corrected chi connectivity index (χ1v) is 17.0. The summed E-state index contributed by atoms with van der Waals surface area (Å²) in [6.07, 6.45) is 1.99. The molecule has 0 rings (SSSR count). The molecule has 0 radical (unpaired) electrons. The van der Waals surface area contributed by atoms with E-state index in [1.807, 2.05) is 0 Å². The van der Waals surface area contributed by atoms with Gasteiger partial charge in [-0.15, -0.1) is 0 Å². The van der Waals surface area contributed by atoms with Gasteiger partial charge in [-0.05, 0) is 58.9 Å². The summed E-state index contributed by atoms with van der Waals surface area (Å²) in [6, 6.07) is 1.98. The number of carboxylic acids is 2. The molecule has 0 aliphatic rings. The molecule has 0 spiro atoms. The standard InChI is InChI=1S/C7H19NOSi.C6H17NO3Si.2C2H4O2.C2H6O.CH4.Na.H2O.O.2Zn/c1-4-9-10(2,3)7-5-6-8;1-8-11(9-2,10-3)6-4-5-7;2*1-2(3)4;1-2-3;;;;;;/h4-8H2,1-3H3;4-7H2,1-3H3;2*1H3,(H,3,4);3H,2H2,1H3;1H4;;1H2;;;/q;;;;;;+1;;;;/p-1. The summed E-state index contributed by atoms with van der Waals surface area (Å²) >= 11 is 0.125. The zero-order valence-corrected chi connectivity index (χ0v) is 34.8. The largest absolute Gasteiger partial charge is 0 e. The molecule has 0 saturated heterocycles. The molecule has 13 nitrogen and oxygen atoms in total. The minimum atomic E-state index is -2.32. The van der Waals surface area contributed by atoms with Crippen LogP contribution < -0.4 is 41.0 Å². The van der Waals surface area contributed by atoms with Crippen molar-refractivity contribution in [2.24, 2.45) is 11.5 Å². The Labute approximate surface area is 278 Å². The van der Waals surface area contributed by atoms with E-state index in [1.165, 1.54) is 6.04 Å². The number of carboxylic acid groups (broad SMARTS) is 2.